The second-order valence-electron chi connectivity index (χ2n) is 34.7. The van der Waals surface area contributed by atoms with Crippen molar-refractivity contribution in [3.63, 3.8) is 0 Å². The van der Waals surface area contributed by atoms with Crippen molar-refractivity contribution >= 4 is 115 Å². The highest BCUT2D eigenvalue weighted by atomic mass is 35.5. The maximum absolute atomic E-state index is 13.2. The summed E-state index contributed by atoms with van der Waals surface area (Å²) >= 11 is 11.8. The summed E-state index contributed by atoms with van der Waals surface area (Å²) in [5.41, 5.74) is 27.6. The SMILES string of the molecule is COC(=O)c1ccc(C2=Nc3ccc(C)cc3OC2)cc1.COC(=O)c1ccc(C2=Nc3ccc(Cl)cc3OC2)cc1.Cc1ccc(C2=Nc3ccc(C(F)(F)F)cc3OC2)cc1.Cc1ccc(C2=Nc3ccc(C)cc3OC2)cc1.Cc1ccc(C2=Nc3ccc(Cl)cc3OC2)cc1.FC(F)(F)c1ccc2c(c1)OCC(c1ccc(-c3ccccc3)cc1)=N2.Fc1ccc2c(c1)OCC(c1ccc(-c3ccccc3)cc1)=N2. The molecule has 0 N–H and O–H groups in total. The molecule has 742 valence electrons. The van der Waals surface area contributed by atoms with Crippen LogP contribution in [-0.2, 0) is 21.8 Å². The van der Waals surface area contributed by atoms with E-state index in [0.717, 1.165) is 160 Å². The molecular weight excluding hydrogens is 1930 g/mol. The topological polar surface area (TPSA) is 204 Å². The van der Waals surface area contributed by atoms with Crippen LogP contribution in [0.1, 0.15) is 98.6 Å². The minimum absolute atomic E-state index is 0.138. The lowest BCUT2D eigenvalue weighted by atomic mass is 10.0. The van der Waals surface area contributed by atoms with E-state index < -0.39 is 23.5 Å². The maximum atomic E-state index is 13.2. The molecule has 0 fully saturated rings. The highest BCUT2D eigenvalue weighted by Gasteiger charge is 2.34. The summed E-state index contributed by atoms with van der Waals surface area (Å²) in [5.74, 6) is 2.92. The van der Waals surface area contributed by atoms with Gasteiger partial charge in [-0.1, -0.05) is 258 Å². The molecule has 7 aliphatic rings. The van der Waals surface area contributed by atoms with Crippen molar-refractivity contribution in [1.29, 1.82) is 0 Å². The number of ether oxygens (including phenoxy) is 9. The van der Waals surface area contributed by atoms with Crippen LogP contribution >= 0.6 is 23.2 Å². The van der Waals surface area contributed by atoms with Gasteiger partial charge in [-0.3, -0.25) is 0 Å². The van der Waals surface area contributed by atoms with Crippen LogP contribution in [0, 0.1) is 40.4 Å². The van der Waals surface area contributed by atoms with Gasteiger partial charge in [-0.2, -0.15) is 26.3 Å². The summed E-state index contributed by atoms with van der Waals surface area (Å²) in [5, 5.41) is 1.29. The fraction of sp³-hybridized carbons (Fsp3) is 0.132. The molecule has 148 heavy (non-hydrogen) atoms. The molecule has 27 heteroatoms. The summed E-state index contributed by atoms with van der Waals surface area (Å²) in [4.78, 5) is 54.8. The molecular formula is C121H94Cl2F7N7O11. The molecule has 0 atom stereocenters. The molecule has 0 bridgehead atoms. The van der Waals surface area contributed by atoms with Crippen molar-refractivity contribution in [1.82, 2.24) is 0 Å². The smallest absolute Gasteiger partial charge is 0.416 e. The molecule has 0 saturated heterocycles. The van der Waals surface area contributed by atoms with Gasteiger partial charge < -0.3 is 42.6 Å². The Bertz CT molecular complexity index is 7540. The summed E-state index contributed by atoms with van der Waals surface area (Å²) < 4.78 is 138. The predicted octanol–water partition coefficient (Wildman–Crippen LogP) is 30.3. The first kappa shape index (κ1) is 102. The normalized spacial score (nSPS) is 13.4. The van der Waals surface area contributed by atoms with Crippen molar-refractivity contribution in [2.75, 3.05) is 60.5 Å². The Labute approximate surface area is 860 Å². The van der Waals surface area contributed by atoms with Crippen molar-refractivity contribution in [2.45, 2.75) is 47.0 Å². The van der Waals surface area contributed by atoms with E-state index in [2.05, 4.69) is 144 Å². The molecule has 0 spiro atoms. The first-order valence-electron chi connectivity index (χ1n) is 46.9. The summed E-state index contributed by atoms with van der Waals surface area (Å²) in [6.07, 6.45) is -8.77. The van der Waals surface area contributed by atoms with E-state index >= 15 is 0 Å². The highest BCUT2D eigenvalue weighted by molar-refractivity contribution is 6.31. The van der Waals surface area contributed by atoms with E-state index in [1.54, 1.807) is 48.5 Å². The second-order valence-corrected chi connectivity index (χ2v) is 35.6. The zero-order valence-corrected chi connectivity index (χ0v) is 82.5. The largest absolute Gasteiger partial charge is 0.485 e. The van der Waals surface area contributed by atoms with Gasteiger partial charge in [0.2, 0.25) is 0 Å². The van der Waals surface area contributed by atoms with E-state index in [9.17, 15) is 40.3 Å². The van der Waals surface area contributed by atoms with E-state index in [4.69, 9.17) is 56.4 Å². The van der Waals surface area contributed by atoms with Crippen LogP contribution < -0.4 is 33.2 Å². The van der Waals surface area contributed by atoms with Crippen LogP contribution in [0.5, 0.6) is 40.2 Å². The Morgan fingerprint density at radius 1 is 0.243 bits per heavy atom. The number of carbonyl (C=O) groups is 2. The Morgan fingerprint density at radius 2 is 0.453 bits per heavy atom. The van der Waals surface area contributed by atoms with Crippen LogP contribution in [0.15, 0.2) is 393 Å². The quantitative estimate of drug-likeness (QED) is 0.0880. The lowest BCUT2D eigenvalue weighted by molar-refractivity contribution is -0.138. The molecule has 0 amide bonds. The van der Waals surface area contributed by atoms with Crippen molar-refractivity contribution in [2.24, 2.45) is 34.9 Å². The van der Waals surface area contributed by atoms with Gasteiger partial charge in [0, 0.05) is 28.2 Å². The number of halogens is 9. The molecule has 7 aliphatic heterocycles. The number of benzene rings is 16. The Hall–Kier alpha value is -17.2. The number of esters is 2. The number of nitrogens with zero attached hydrogens (tertiary/aromatic N) is 7. The third kappa shape index (κ3) is 26.3. The number of alkyl halides is 6. The standard InChI is InChI=1S/C21H14F3NO.C20H14FNO.C17H15NO3.C16H12ClNO3.C16H12F3NO.C16H15NO.C15H12ClNO/c22-21(23,24)17-10-11-18-20(12-17)26-13-19(25-18)16-8-6-15(7-9-16)14-4-2-1-3-5-14;21-17-10-11-18-20(12-17)23-13-19(22-18)16-8-6-15(7-9-16)14-4-2-1-3-5-14;1-11-3-8-14-16(9-11)21-10-15(18-14)12-4-6-13(7-5-12)17(19)20-2;1-20-16(19)11-4-2-10(3-5-11)14-9-21-15-8-12(17)6-7-13(15)18-14;1-10-2-4-11(5-3-10)14-9-21-15-8-12(16(17,18)19)6-7-13(15)20-14;1-11-3-6-13(7-4-11)15-10-18-16-9-12(2)5-8-14(16)17-15;1-10-2-4-11(5-3-10)14-9-18-15-8-12(16)6-7-13(15)17-14/h1-12H,13H2;1-12H,13H2;3-9H,10H2,1-2H3;2*2-8H,9H2,1H3;3-9H,10H2,1-2H3;2-8H,9H2,1H3. The maximum Gasteiger partial charge on any atom is 0.416 e. The Kier molecular flexibility index (Phi) is 32.3. The van der Waals surface area contributed by atoms with Crippen LogP contribution in [0.25, 0.3) is 22.3 Å². The lowest BCUT2D eigenvalue weighted by Gasteiger charge is -2.19. The number of fused-ring (bicyclic) bond motifs is 7. The predicted molar refractivity (Wildman–Crippen MR) is 569 cm³/mol. The summed E-state index contributed by atoms with van der Waals surface area (Å²) in [6.45, 7) is 12.7. The van der Waals surface area contributed by atoms with Gasteiger partial charge in [-0.05, 0) is 228 Å². The first-order chi connectivity index (χ1) is 71.5. The van der Waals surface area contributed by atoms with E-state index in [-0.39, 0.29) is 42.5 Å². The van der Waals surface area contributed by atoms with Gasteiger partial charge in [0.1, 0.15) is 132 Å². The van der Waals surface area contributed by atoms with Crippen molar-refractivity contribution in [3.05, 3.63) is 463 Å². The van der Waals surface area contributed by atoms with Gasteiger partial charge in [0.05, 0.1) is 76.5 Å². The Balaban J connectivity index is 0.000000118. The monoisotopic (exact) mass is 2020 g/mol. The molecule has 16 aromatic carbocycles. The minimum Gasteiger partial charge on any atom is -0.485 e. The third-order valence-electron chi connectivity index (χ3n) is 24.0. The van der Waals surface area contributed by atoms with E-state index in [1.807, 2.05) is 196 Å². The fourth-order valence-electron chi connectivity index (χ4n) is 15.9. The molecule has 23 rings (SSSR count). The minimum atomic E-state index is -4.39. The number of rotatable bonds is 11. The zero-order valence-electron chi connectivity index (χ0n) is 81.0. The number of methoxy groups -OCH3 is 2. The number of hydrogen-bond acceptors (Lipinski definition) is 18. The molecule has 0 radical (unpaired) electrons. The van der Waals surface area contributed by atoms with Gasteiger partial charge in [0.25, 0.3) is 0 Å². The average Bonchev–Trinajstić information content (AvgIpc) is 0.805. The molecule has 7 heterocycles. The first-order valence-corrected chi connectivity index (χ1v) is 47.6. The highest BCUT2D eigenvalue weighted by Crippen LogP contribution is 2.44. The molecule has 16 aromatic rings. The van der Waals surface area contributed by atoms with Gasteiger partial charge in [0.15, 0.2) is 0 Å². The fourth-order valence-corrected chi connectivity index (χ4v) is 16.2. The van der Waals surface area contributed by atoms with Crippen molar-refractivity contribution in [3.8, 4) is 62.5 Å². The number of carbonyl (C=O) groups excluding carboxylic acids is 2. The van der Waals surface area contributed by atoms with Crippen LogP contribution in [0.3, 0.4) is 0 Å². The molecule has 18 nitrogen and oxygen atoms in total. The van der Waals surface area contributed by atoms with Crippen LogP contribution in [0.2, 0.25) is 10.0 Å². The average molecular weight is 2030 g/mol. The number of aliphatic imine (C=N–C) groups is 7. The van der Waals surface area contributed by atoms with Crippen LogP contribution in [-0.4, -0.2) is 112 Å². The third-order valence-corrected chi connectivity index (χ3v) is 24.5. The van der Waals surface area contributed by atoms with E-state index in [0.29, 0.717) is 94.2 Å². The van der Waals surface area contributed by atoms with Crippen LogP contribution in [0.4, 0.5) is 70.5 Å². The van der Waals surface area contributed by atoms with Gasteiger partial charge >= 0.3 is 24.3 Å². The zero-order chi connectivity index (χ0) is 104. The molecule has 0 aliphatic carbocycles. The summed E-state index contributed by atoms with van der Waals surface area (Å²) in [7, 11) is 2.73. The molecule has 0 saturated carbocycles. The number of hydrogen-bond donors (Lipinski definition) is 0. The second kappa shape index (κ2) is 46.7. The van der Waals surface area contributed by atoms with E-state index in [1.165, 1.54) is 60.7 Å². The van der Waals surface area contributed by atoms with Crippen molar-refractivity contribution < 1.29 is 83.0 Å². The number of aryl methyl sites for hydroxylation is 5. The summed E-state index contributed by atoms with van der Waals surface area (Å²) in [6, 6.07) is 109. The molecule has 0 aromatic heterocycles. The lowest BCUT2D eigenvalue weighted by Crippen LogP contribution is -2.17. The van der Waals surface area contributed by atoms with Gasteiger partial charge in [-0.25, -0.2) is 48.9 Å². The Morgan fingerprint density at radius 3 is 0.723 bits per heavy atom. The van der Waals surface area contributed by atoms with Gasteiger partial charge in [-0.15, -0.1) is 0 Å². The molecule has 0 unspecified atom stereocenters.